The van der Waals surface area contributed by atoms with E-state index in [1.54, 1.807) is 24.3 Å². The van der Waals surface area contributed by atoms with Gasteiger partial charge in [-0.2, -0.15) is 13.2 Å². The van der Waals surface area contributed by atoms with E-state index in [-0.39, 0.29) is 6.42 Å². The first-order chi connectivity index (χ1) is 7.88. The molecule has 2 N–H and O–H groups in total. The summed E-state index contributed by atoms with van der Waals surface area (Å²) in [5.74, 6) is -0.550. The van der Waals surface area contributed by atoms with Crippen LogP contribution in [0.25, 0.3) is 0 Å². The Hall–Kier alpha value is -1.36. The van der Waals surface area contributed by atoms with Crippen LogP contribution in [0.1, 0.15) is 18.4 Å². The highest BCUT2D eigenvalue weighted by molar-refractivity contribution is 5.84. The van der Waals surface area contributed by atoms with Crippen LogP contribution in [0.3, 0.4) is 0 Å². The fourth-order valence-electron chi connectivity index (χ4n) is 1.43. The fraction of sp³-hybridized carbons (Fsp3) is 0.417. The quantitative estimate of drug-likeness (QED) is 0.866. The van der Waals surface area contributed by atoms with Gasteiger partial charge in [-0.3, -0.25) is 4.79 Å². The van der Waals surface area contributed by atoms with E-state index < -0.39 is 30.8 Å². The van der Waals surface area contributed by atoms with Crippen molar-refractivity contribution in [3.05, 3.63) is 35.9 Å². The van der Waals surface area contributed by atoms with Gasteiger partial charge >= 0.3 is 6.18 Å². The summed E-state index contributed by atoms with van der Waals surface area (Å²) in [5.41, 5.74) is 6.41. The summed E-state index contributed by atoms with van der Waals surface area (Å²) in [6.45, 7) is 0. The first-order valence-electron chi connectivity index (χ1n) is 5.27. The number of halogens is 3. The lowest BCUT2D eigenvalue weighted by Crippen LogP contribution is -2.33. The molecule has 0 heterocycles. The standard InChI is InChI=1S/C12H14F3NO/c13-12(14,15)7-6-11(17)10(16)8-9-4-2-1-3-5-9/h1-5,10H,6-8,16H2. The van der Waals surface area contributed by atoms with Crippen LogP contribution < -0.4 is 5.73 Å². The van der Waals surface area contributed by atoms with Crippen LogP contribution in [0.4, 0.5) is 13.2 Å². The van der Waals surface area contributed by atoms with Crippen molar-refractivity contribution in [2.24, 2.45) is 5.73 Å². The van der Waals surface area contributed by atoms with Crippen molar-refractivity contribution in [1.82, 2.24) is 0 Å². The lowest BCUT2D eigenvalue weighted by Gasteiger charge is -2.11. The molecule has 0 aromatic heterocycles. The van der Waals surface area contributed by atoms with Crippen LogP contribution in [-0.4, -0.2) is 18.0 Å². The Morgan fingerprint density at radius 1 is 1.24 bits per heavy atom. The Morgan fingerprint density at radius 2 is 1.82 bits per heavy atom. The van der Waals surface area contributed by atoms with E-state index in [2.05, 4.69) is 0 Å². The molecule has 0 spiro atoms. The zero-order valence-electron chi connectivity index (χ0n) is 9.20. The van der Waals surface area contributed by atoms with Crippen LogP contribution in [-0.2, 0) is 11.2 Å². The fourth-order valence-corrected chi connectivity index (χ4v) is 1.43. The smallest absolute Gasteiger partial charge is 0.321 e. The maximum atomic E-state index is 11.9. The molecule has 0 saturated heterocycles. The molecule has 17 heavy (non-hydrogen) atoms. The van der Waals surface area contributed by atoms with E-state index in [0.717, 1.165) is 5.56 Å². The van der Waals surface area contributed by atoms with Crippen molar-refractivity contribution < 1.29 is 18.0 Å². The molecule has 1 atom stereocenters. The van der Waals surface area contributed by atoms with Crippen molar-refractivity contribution >= 4 is 5.78 Å². The number of alkyl halides is 3. The van der Waals surface area contributed by atoms with Gasteiger partial charge in [0.15, 0.2) is 0 Å². The van der Waals surface area contributed by atoms with Gasteiger partial charge in [0.2, 0.25) is 0 Å². The zero-order chi connectivity index (χ0) is 12.9. The molecule has 0 bridgehead atoms. The molecular weight excluding hydrogens is 231 g/mol. The van der Waals surface area contributed by atoms with Crippen molar-refractivity contribution in [2.45, 2.75) is 31.5 Å². The number of hydrogen-bond acceptors (Lipinski definition) is 2. The monoisotopic (exact) mass is 245 g/mol. The summed E-state index contributed by atoms with van der Waals surface area (Å²) >= 11 is 0. The molecule has 1 aromatic rings. The van der Waals surface area contributed by atoms with E-state index in [4.69, 9.17) is 5.73 Å². The van der Waals surface area contributed by atoms with Crippen LogP contribution in [0, 0.1) is 0 Å². The Balaban J connectivity index is 2.43. The Labute approximate surface area is 97.6 Å². The van der Waals surface area contributed by atoms with Crippen LogP contribution >= 0.6 is 0 Å². The van der Waals surface area contributed by atoms with Gasteiger partial charge in [0.05, 0.1) is 12.5 Å². The number of carbonyl (C=O) groups excluding carboxylic acids is 1. The van der Waals surface area contributed by atoms with Gasteiger partial charge in [-0.1, -0.05) is 30.3 Å². The van der Waals surface area contributed by atoms with E-state index in [1.165, 1.54) is 0 Å². The summed E-state index contributed by atoms with van der Waals surface area (Å²) in [6, 6.07) is 8.12. The molecule has 0 aliphatic rings. The predicted octanol–water partition coefficient (Wildman–Crippen LogP) is 2.47. The van der Waals surface area contributed by atoms with Crippen LogP contribution in [0.2, 0.25) is 0 Å². The van der Waals surface area contributed by atoms with E-state index in [9.17, 15) is 18.0 Å². The maximum absolute atomic E-state index is 11.9. The number of rotatable bonds is 5. The Morgan fingerprint density at radius 3 is 2.35 bits per heavy atom. The minimum atomic E-state index is -4.30. The Kier molecular flexibility index (Phi) is 4.69. The molecule has 1 rings (SSSR count). The van der Waals surface area contributed by atoms with Gasteiger partial charge in [-0.15, -0.1) is 0 Å². The molecule has 0 aliphatic heterocycles. The SMILES string of the molecule is NC(Cc1ccccc1)C(=O)CCC(F)(F)F. The highest BCUT2D eigenvalue weighted by Crippen LogP contribution is 2.21. The highest BCUT2D eigenvalue weighted by atomic mass is 19.4. The topological polar surface area (TPSA) is 43.1 Å². The van der Waals surface area contributed by atoms with Crippen molar-refractivity contribution in [1.29, 1.82) is 0 Å². The summed E-state index contributed by atoms with van der Waals surface area (Å²) in [6.07, 6.45) is -5.68. The zero-order valence-corrected chi connectivity index (χ0v) is 9.20. The lowest BCUT2D eigenvalue weighted by molar-refractivity contribution is -0.143. The lowest BCUT2D eigenvalue weighted by atomic mass is 10.0. The first-order valence-corrected chi connectivity index (χ1v) is 5.27. The minimum absolute atomic E-state index is 0.275. The number of Topliss-reactive ketones (excluding diaryl/α,β-unsaturated/α-hetero) is 1. The number of benzene rings is 1. The van der Waals surface area contributed by atoms with Gasteiger partial charge in [-0.25, -0.2) is 0 Å². The third-order valence-electron chi connectivity index (χ3n) is 2.37. The number of ketones is 1. The molecular formula is C12H14F3NO. The summed E-state index contributed by atoms with van der Waals surface area (Å²) in [5, 5.41) is 0. The second kappa shape index (κ2) is 5.82. The third kappa shape index (κ3) is 5.49. The van der Waals surface area contributed by atoms with Crippen LogP contribution in [0.15, 0.2) is 30.3 Å². The highest BCUT2D eigenvalue weighted by Gasteiger charge is 2.29. The number of hydrogen-bond donors (Lipinski definition) is 1. The first kappa shape index (κ1) is 13.7. The molecule has 0 aliphatic carbocycles. The molecule has 1 unspecified atom stereocenters. The molecule has 0 saturated carbocycles. The third-order valence-corrected chi connectivity index (χ3v) is 2.37. The van der Waals surface area contributed by atoms with E-state index >= 15 is 0 Å². The normalized spacial score (nSPS) is 13.4. The number of carbonyl (C=O) groups is 1. The van der Waals surface area contributed by atoms with Crippen molar-refractivity contribution in [2.75, 3.05) is 0 Å². The van der Waals surface area contributed by atoms with Gasteiger partial charge in [0, 0.05) is 6.42 Å². The molecule has 94 valence electrons. The van der Waals surface area contributed by atoms with Crippen molar-refractivity contribution in [3.8, 4) is 0 Å². The van der Waals surface area contributed by atoms with Gasteiger partial charge in [-0.05, 0) is 12.0 Å². The Bertz CT molecular complexity index is 362. The van der Waals surface area contributed by atoms with Crippen LogP contribution in [0.5, 0.6) is 0 Å². The second-order valence-electron chi connectivity index (χ2n) is 3.88. The largest absolute Gasteiger partial charge is 0.389 e. The average Bonchev–Trinajstić information content (AvgIpc) is 2.26. The maximum Gasteiger partial charge on any atom is 0.389 e. The molecule has 5 heteroatoms. The molecule has 1 aromatic carbocycles. The van der Waals surface area contributed by atoms with Crippen molar-refractivity contribution in [3.63, 3.8) is 0 Å². The van der Waals surface area contributed by atoms with E-state index in [1.807, 2.05) is 6.07 Å². The van der Waals surface area contributed by atoms with Gasteiger partial charge in [0.25, 0.3) is 0 Å². The second-order valence-corrected chi connectivity index (χ2v) is 3.88. The molecule has 0 amide bonds. The average molecular weight is 245 g/mol. The van der Waals surface area contributed by atoms with E-state index in [0.29, 0.717) is 0 Å². The number of nitrogens with two attached hydrogens (primary N) is 1. The minimum Gasteiger partial charge on any atom is -0.321 e. The molecule has 0 fully saturated rings. The predicted molar refractivity (Wildman–Crippen MR) is 58.4 cm³/mol. The van der Waals surface area contributed by atoms with Gasteiger partial charge < -0.3 is 5.73 Å². The molecule has 2 nitrogen and oxygen atoms in total. The molecule has 0 radical (unpaired) electrons. The summed E-state index contributed by atoms with van der Waals surface area (Å²) in [7, 11) is 0. The van der Waals surface area contributed by atoms with Gasteiger partial charge in [0.1, 0.15) is 5.78 Å². The summed E-state index contributed by atoms with van der Waals surface area (Å²) in [4.78, 5) is 11.4. The summed E-state index contributed by atoms with van der Waals surface area (Å²) < 4.78 is 35.7.